The molecule has 204 valence electrons. The van der Waals surface area contributed by atoms with Crippen LogP contribution < -0.4 is 15.2 Å². The third-order valence-corrected chi connectivity index (χ3v) is 8.81. The maximum Gasteiger partial charge on any atom is 0.153 e. The first-order chi connectivity index (χ1) is 18.7. The van der Waals surface area contributed by atoms with E-state index >= 15 is 0 Å². The topological polar surface area (TPSA) is 92.1 Å². The van der Waals surface area contributed by atoms with Gasteiger partial charge in [-0.2, -0.15) is 10.5 Å². The van der Waals surface area contributed by atoms with Crippen molar-refractivity contribution in [2.75, 3.05) is 18.9 Å². The van der Waals surface area contributed by atoms with Crippen molar-refractivity contribution in [2.24, 2.45) is 11.8 Å². The van der Waals surface area contributed by atoms with Crippen LogP contribution in [0, 0.1) is 34.5 Å². The van der Waals surface area contributed by atoms with E-state index in [2.05, 4.69) is 39.8 Å². The number of ether oxygens (including phenoxy) is 2. The van der Waals surface area contributed by atoms with Crippen LogP contribution >= 0.6 is 46.7 Å². The number of hydrogen-bond donors (Lipinski definition) is 1. The van der Waals surface area contributed by atoms with Crippen molar-refractivity contribution in [2.45, 2.75) is 60.1 Å². The summed E-state index contributed by atoms with van der Waals surface area (Å²) in [5.74, 6) is 1.46. The zero-order chi connectivity index (χ0) is 28.5. The van der Waals surface area contributed by atoms with Gasteiger partial charge in [0.2, 0.25) is 0 Å². The first-order valence-electron chi connectivity index (χ1n) is 12.6. The molecular formula is C30H31Cl2N3O2S2. The normalized spacial score (nSPS) is 10.9. The molecule has 0 spiro atoms. The number of hydrogen-bond acceptors (Lipinski definition) is 7. The number of nitriles is 2. The molecule has 3 rings (SSSR count). The monoisotopic (exact) mass is 599 g/mol. The fraction of sp³-hybridized carbons (Fsp3) is 0.333. The van der Waals surface area contributed by atoms with Crippen LogP contribution in [0.3, 0.4) is 0 Å². The average molecular weight is 601 g/mol. The maximum absolute atomic E-state index is 10.3. The maximum atomic E-state index is 10.3. The predicted octanol–water partition coefficient (Wildman–Crippen LogP) is 9.47. The lowest BCUT2D eigenvalue weighted by atomic mass is 10.1. The van der Waals surface area contributed by atoms with E-state index in [0.29, 0.717) is 62.1 Å². The standard InChI is InChI=1S/C30H31Cl2N3O2S2/c1-18(2)11-13-36-27-21(16-33)22(17-34)28(37-14-12-19(3)4)30(39-26-8-6-5-7-24(26)35)29(27)38-25-10-9-20(31)15-23(25)32/h5-10,15,18-19H,11-14,35H2,1-4H3. The van der Waals surface area contributed by atoms with Crippen molar-refractivity contribution in [3.63, 3.8) is 0 Å². The van der Waals surface area contributed by atoms with Gasteiger partial charge in [-0.25, -0.2) is 0 Å². The second-order valence-corrected chi connectivity index (χ2v) is 12.6. The molecule has 39 heavy (non-hydrogen) atoms. The summed E-state index contributed by atoms with van der Waals surface area (Å²) in [6.07, 6.45) is 1.56. The number of para-hydroxylation sites is 1. The van der Waals surface area contributed by atoms with Gasteiger partial charge in [0, 0.05) is 20.5 Å². The molecule has 0 saturated carbocycles. The lowest BCUT2D eigenvalue weighted by Gasteiger charge is -2.23. The van der Waals surface area contributed by atoms with Crippen molar-refractivity contribution >= 4 is 52.4 Å². The smallest absolute Gasteiger partial charge is 0.153 e. The van der Waals surface area contributed by atoms with Crippen LogP contribution in [0.1, 0.15) is 51.7 Å². The van der Waals surface area contributed by atoms with Crippen molar-refractivity contribution in [3.05, 3.63) is 63.6 Å². The van der Waals surface area contributed by atoms with Gasteiger partial charge in [-0.05, 0) is 55.0 Å². The summed E-state index contributed by atoms with van der Waals surface area (Å²) in [5, 5.41) is 21.5. The van der Waals surface area contributed by atoms with Gasteiger partial charge >= 0.3 is 0 Å². The zero-order valence-electron chi connectivity index (χ0n) is 22.4. The molecule has 0 saturated heterocycles. The largest absolute Gasteiger partial charge is 0.491 e. The first kappa shape index (κ1) is 30.9. The highest BCUT2D eigenvalue weighted by molar-refractivity contribution is 8.02. The minimum atomic E-state index is 0.138. The fourth-order valence-corrected chi connectivity index (χ4v) is 6.20. The number of nitrogens with zero attached hydrogens (tertiary/aromatic N) is 2. The van der Waals surface area contributed by atoms with Crippen molar-refractivity contribution in [3.8, 4) is 23.6 Å². The van der Waals surface area contributed by atoms with Gasteiger partial charge in [-0.3, -0.25) is 0 Å². The Morgan fingerprint density at radius 3 is 1.77 bits per heavy atom. The van der Waals surface area contributed by atoms with Gasteiger partial charge in [-0.15, -0.1) is 0 Å². The van der Waals surface area contributed by atoms with E-state index < -0.39 is 0 Å². The van der Waals surface area contributed by atoms with E-state index in [-0.39, 0.29) is 11.1 Å². The van der Waals surface area contributed by atoms with E-state index in [0.717, 1.165) is 22.6 Å². The Labute approximate surface area is 249 Å². The number of anilines is 1. The quantitative estimate of drug-likeness (QED) is 0.207. The van der Waals surface area contributed by atoms with Gasteiger partial charge in [0.25, 0.3) is 0 Å². The summed E-state index contributed by atoms with van der Waals surface area (Å²) in [7, 11) is 0. The molecule has 0 radical (unpaired) electrons. The molecule has 0 amide bonds. The van der Waals surface area contributed by atoms with Gasteiger partial charge < -0.3 is 15.2 Å². The van der Waals surface area contributed by atoms with Crippen LogP contribution in [0.5, 0.6) is 11.5 Å². The molecule has 3 aromatic rings. The first-order valence-corrected chi connectivity index (χ1v) is 15.0. The van der Waals surface area contributed by atoms with Gasteiger partial charge in [-0.1, -0.05) is 86.6 Å². The minimum absolute atomic E-state index is 0.138. The lowest BCUT2D eigenvalue weighted by molar-refractivity contribution is 0.269. The number of rotatable bonds is 12. The van der Waals surface area contributed by atoms with Crippen LogP contribution in [0.15, 0.2) is 62.0 Å². The fourth-order valence-electron chi connectivity index (χ4n) is 3.48. The second kappa shape index (κ2) is 14.6. The average Bonchev–Trinajstić information content (AvgIpc) is 2.88. The van der Waals surface area contributed by atoms with Crippen LogP contribution in [0.4, 0.5) is 5.69 Å². The summed E-state index contributed by atoms with van der Waals surface area (Å²) in [6, 6.07) is 17.2. The highest BCUT2D eigenvalue weighted by Crippen LogP contribution is 2.53. The number of nitrogen functional groups attached to an aromatic ring is 1. The SMILES string of the molecule is CC(C)CCOc1c(C#N)c(C#N)c(OCCC(C)C)c(Sc2ccc(Cl)cc2Cl)c1Sc1ccccc1N. The minimum Gasteiger partial charge on any atom is -0.491 e. The number of halogens is 2. The van der Waals surface area contributed by atoms with Gasteiger partial charge in [0.05, 0.1) is 28.0 Å². The third kappa shape index (κ3) is 8.16. The predicted molar refractivity (Wildman–Crippen MR) is 161 cm³/mol. The van der Waals surface area contributed by atoms with Crippen LogP contribution in [0.25, 0.3) is 0 Å². The van der Waals surface area contributed by atoms with E-state index in [1.165, 1.54) is 23.5 Å². The Morgan fingerprint density at radius 1 is 0.795 bits per heavy atom. The molecule has 0 aliphatic rings. The Kier molecular flexibility index (Phi) is 11.6. The third-order valence-electron chi connectivity index (χ3n) is 5.67. The molecular weight excluding hydrogens is 569 g/mol. The van der Waals surface area contributed by atoms with Crippen molar-refractivity contribution < 1.29 is 9.47 Å². The highest BCUT2D eigenvalue weighted by Gasteiger charge is 2.29. The molecule has 2 N–H and O–H groups in total. The number of benzene rings is 3. The summed E-state index contributed by atoms with van der Waals surface area (Å²) >= 11 is 15.5. The second-order valence-electron chi connectivity index (χ2n) is 9.67. The molecule has 0 aliphatic heterocycles. The Morgan fingerprint density at radius 2 is 1.31 bits per heavy atom. The van der Waals surface area contributed by atoms with Crippen LogP contribution in [-0.2, 0) is 0 Å². The molecule has 0 unspecified atom stereocenters. The lowest BCUT2D eigenvalue weighted by Crippen LogP contribution is -2.09. The van der Waals surface area contributed by atoms with Gasteiger partial charge in [0.1, 0.15) is 23.3 Å². The summed E-state index contributed by atoms with van der Waals surface area (Å²) in [6.45, 7) is 9.17. The molecule has 5 nitrogen and oxygen atoms in total. The van der Waals surface area contributed by atoms with Crippen molar-refractivity contribution in [1.82, 2.24) is 0 Å². The van der Waals surface area contributed by atoms with E-state index in [1.54, 1.807) is 12.1 Å². The van der Waals surface area contributed by atoms with Crippen LogP contribution in [-0.4, -0.2) is 13.2 Å². The van der Waals surface area contributed by atoms with E-state index in [4.69, 9.17) is 38.4 Å². The molecule has 0 aromatic heterocycles. The molecule has 0 aliphatic carbocycles. The van der Waals surface area contributed by atoms with Crippen LogP contribution in [0.2, 0.25) is 10.0 Å². The molecule has 0 bridgehead atoms. The van der Waals surface area contributed by atoms with Gasteiger partial charge in [0.15, 0.2) is 11.5 Å². The molecule has 0 fully saturated rings. The van der Waals surface area contributed by atoms with E-state index in [9.17, 15) is 10.5 Å². The Hall–Kier alpha value is -2.68. The highest BCUT2D eigenvalue weighted by atomic mass is 35.5. The zero-order valence-corrected chi connectivity index (χ0v) is 25.5. The van der Waals surface area contributed by atoms with E-state index in [1.807, 2.05) is 30.3 Å². The number of nitrogens with two attached hydrogens (primary N) is 1. The molecule has 0 heterocycles. The Bertz CT molecular complexity index is 1400. The molecule has 9 heteroatoms. The molecule has 0 atom stereocenters. The summed E-state index contributed by atoms with van der Waals surface area (Å²) in [4.78, 5) is 2.78. The summed E-state index contributed by atoms with van der Waals surface area (Å²) < 4.78 is 12.6. The summed E-state index contributed by atoms with van der Waals surface area (Å²) in [5.41, 5.74) is 7.19. The Balaban J connectivity index is 2.33. The molecule has 3 aromatic carbocycles. The van der Waals surface area contributed by atoms with Crippen molar-refractivity contribution in [1.29, 1.82) is 10.5 Å².